The second kappa shape index (κ2) is 16.0. The van der Waals surface area contributed by atoms with Crippen LogP contribution in [0.1, 0.15) is 55.4 Å². The molecule has 224 valence electrons. The lowest BCUT2D eigenvalue weighted by Gasteiger charge is -2.24. The Bertz CT molecular complexity index is 1280. The summed E-state index contributed by atoms with van der Waals surface area (Å²) in [4.78, 5) is 21.8. The van der Waals surface area contributed by atoms with Crippen LogP contribution in [-0.2, 0) is 26.4 Å². The summed E-state index contributed by atoms with van der Waals surface area (Å²) in [5.74, 6) is 0.556. The number of sulfone groups is 1. The van der Waals surface area contributed by atoms with Gasteiger partial charge in [0.2, 0.25) is 9.84 Å². The molecule has 40 heavy (non-hydrogen) atoms. The number of nitrogens with zero attached hydrogens (tertiary/aromatic N) is 2. The van der Waals surface area contributed by atoms with Gasteiger partial charge in [-0.05, 0) is 71.9 Å². The van der Waals surface area contributed by atoms with Crippen LogP contribution in [0.25, 0.3) is 10.9 Å². The lowest BCUT2D eigenvalue weighted by Crippen LogP contribution is -2.36. The molecule has 10 heteroatoms. The molecule has 0 saturated heterocycles. The van der Waals surface area contributed by atoms with Gasteiger partial charge >= 0.3 is 6.09 Å². The largest absolute Gasteiger partial charge is 0.491 e. The molecule has 2 aromatic carbocycles. The first-order chi connectivity index (χ1) is 18.5. The van der Waals surface area contributed by atoms with Crippen molar-refractivity contribution >= 4 is 33.6 Å². The van der Waals surface area contributed by atoms with Gasteiger partial charge in [0.15, 0.2) is 0 Å². The summed E-state index contributed by atoms with van der Waals surface area (Å²) in [5, 5.41) is 9.41. The van der Waals surface area contributed by atoms with Crippen molar-refractivity contribution in [2.45, 2.75) is 76.5 Å². The minimum Gasteiger partial charge on any atom is -0.491 e. The quantitative estimate of drug-likeness (QED) is 0.389. The average Bonchev–Trinajstić information content (AvgIpc) is 3.23. The van der Waals surface area contributed by atoms with Gasteiger partial charge in [0, 0.05) is 19.5 Å². The molecule has 3 aromatic rings. The molecule has 0 unspecified atom stereocenters. The second-order valence-electron chi connectivity index (χ2n) is 10.5. The van der Waals surface area contributed by atoms with Crippen molar-refractivity contribution in [3.05, 3.63) is 54.6 Å². The third-order valence-corrected chi connectivity index (χ3v) is 6.56. The number of amides is 1. The number of ether oxygens (including phenoxy) is 2. The van der Waals surface area contributed by atoms with Gasteiger partial charge in [-0.3, -0.25) is 0 Å². The maximum absolute atomic E-state index is 13.1. The molecule has 0 aliphatic heterocycles. The van der Waals surface area contributed by atoms with E-state index in [-0.39, 0.29) is 16.5 Å². The zero-order chi connectivity index (χ0) is 31.3. The number of aromatic nitrogens is 1. The van der Waals surface area contributed by atoms with E-state index in [1.165, 1.54) is 4.90 Å². The van der Waals surface area contributed by atoms with Crippen LogP contribution < -0.4 is 4.74 Å². The molecule has 9 nitrogen and oxygen atoms in total. The highest BCUT2D eigenvalue weighted by atomic mass is 32.2. The zero-order valence-electron chi connectivity index (χ0n) is 25.5. The molecule has 0 spiro atoms. The molecule has 1 N–H and O–H groups in total. The van der Waals surface area contributed by atoms with Gasteiger partial charge in [0.25, 0.3) is 0 Å². The molecule has 0 atom stereocenters. The van der Waals surface area contributed by atoms with Crippen molar-refractivity contribution in [1.82, 2.24) is 9.47 Å². The SMILES string of the molecule is C=O.CC.CC(C)(C)O.CN(CCOc1cccc2c1cc(S(=O)(=O)c1ccccc1)n2C)C(=O)OC(C)(C)C. The molecule has 0 aliphatic carbocycles. The van der Waals surface area contributed by atoms with Gasteiger partial charge < -0.3 is 28.8 Å². The number of likely N-dealkylation sites (N-methyl/N-ethyl adjacent to an activating group) is 1. The summed E-state index contributed by atoms with van der Waals surface area (Å²) >= 11 is 0. The lowest BCUT2D eigenvalue weighted by molar-refractivity contribution is -0.0980. The smallest absolute Gasteiger partial charge is 0.410 e. The molecule has 0 saturated carbocycles. The Labute approximate surface area is 239 Å². The number of carbonyl (C=O) groups is 2. The van der Waals surface area contributed by atoms with Crippen molar-refractivity contribution in [3.8, 4) is 5.75 Å². The molecule has 3 rings (SSSR count). The summed E-state index contributed by atoms with van der Waals surface area (Å²) in [6.45, 7) is 17.2. The number of aryl methyl sites for hydroxylation is 1. The van der Waals surface area contributed by atoms with Crippen LogP contribution in [0.2, 0.25) is 0 Å². The van der Waals surface area contributed by atoms with E-state index in [9.17, 15) is 13.2 Å². The number of fused-ring (bicyclic) bond motifs is 1. The molecule has 0 aliphatic rings. The molecule has 0 bridgehead atoms. The minimum absolute atomic E-state index is 0.190. The number of aliphatic hydroxyl groups is 1. The molecule has 1 aromatic heterocycles. The van der Waals surface area contributed by atoms with Crippen molar-refractivity contribution < 1.29 is 32.6 Å². The summed E-state index contributed by atoms with van der Waals surface area (Å²) < 4.78 is 39.1. The maximum atomic E-state index is 13.1. The third-order valence-electron chi connectivity index (χ3n) is 4.72. The number of carbonyl (C=O) groups excluding carboxylic acids is 2. The van der Waals surface area contributed by atoms with E-state index >= 15 is 0 Å². The van der Waals surface area contributed by atoms with E-state index in [1.54, 1.807) is 81.9 Å². The van der Waals surface area contributed by atoms with Crippen LogP contribution in [-0.4, -0.2) is 67.3 Å². The Morgan fingerprint density at radius 1 is 0.975 bits per heavy atom. The molecule has 1 amide bonds. The first kappa shape index (κ1) is 36.6. The van der Waals surface area contributed by atoms with E-state index in [2.05, 4.69) is 0 Å². The van der Waals surface area contributed by atoms with Crippen molar-refractivity contribution in [2.75, 3.05) is 20.2 Å². The lowest BCUT2D eigenvalue weighted by atomic mass is 10.2. The normalized spacial score (nSPS) is 11.1. The van der Waals surface area contributed by atoms with E-state index in [0.717, 1.165) is 5.52 Å². The van der Waals surface area contributed by atoms with Gasteiger partial charge in [0.05, 0.1) is 22.6 Å². The fourth-order valence-electron chi connectivity index (χ4n) is 3.14. The van der Waals surface area contributed by atoms with Gasteiger partial charge in [-0.1, -0.05) is 38.1 Å². The van der Waals surface area contributed by atoms with Crippen molar-refractivity contribution in [1.29, 1.82) is 0 Å². The van der Waals surface area contributed by atoms with E-state index in [0.29, 0.717) is 17.7 Å². The van der Waals surface area contributed by atoms with Crippen LogP contribution in [0.15, 0.2) is 64.5 Å². The van der Waals surface area contributed by atoms with Crippen molar-refractivity contribution in [2.24, 2.45) is 7.05 Å². The highest BCUT2D eigenvalue weighted by Crippen LogP contribution is 2.32. The Morgan fingerprint density at radius 2 is 1.50 bits per heavy atom. The number of hydrogen-bond donors (Lipinski definition) is 1. The van der Waals surface area contributed by atoms with Crippen LogP contribution >= 0.6 is 0 Å². The highest BCUT2D eigenvalue weighted by Gasteiger charge is 2.24. The number of rotatable bonds is 6. The van der Waals surface area contributed by atoms with Crippen LogP contribution in [0.5, 0.6) is 5.75 Å². The fourth-order valence-corrected chi connectivity index (χ4v) is 4.63. The Kier molecular flexibility index (Phi) is 14.7. The minimum atomic E-state index is -3.67. The first-order valence-corrected chi connectivity index (χ1v) is 14.5. The van der Waals surface area contributed by atoms with E-state index in [1.807, 2.05) is 53.5 Å². The summed E-state index contributed by atoms with van der Waals surface area (Å²) in [7, 11) is -0.308. The standard InChI is InChI=1S/C23H28N2O5S.C4H10O.C2H6.CH2O/c1-23(2,3)30-22(26)24(4)14-15-29-20-13-9-12-19-18(20)16-21(25(19)5)31(27,28)17-10-7-6-8-11-17;1-4(2,3)5;2*1-2/h6-13,16H,14-15H2,1-5H3;5H,1-3H3;1-2H3;1H2. The Morgan fingerprint density at radius 3 is 2.00 bits per heavy atom. The van der Waals surface area contributed by atoms with E-state index < -0.39 is 27.1 Å². The molecule has 0 radical (unpaired) electrons. The fraction of sp³-hybridized carbons (Fsp3) is 0.467. The summed E-state index contributed by atoms with van der Waals surface area (Å²) in [6, 6.07) is 15.4. The third kappa shape index (κ3) is 11.8. The number of hydrogen-bond acceptors (Lipinski definition) is 7. The summed E-state index contributed by atoms with van der Waals surface area (Å²) in [6.07, 6.45) is -0.426. The topological polar surface area (TPSA) is 115 Å². The highest BCUT2D eigenvalue weighted by molar-refractivity contribution is 7.91. The molecule has 0 fully saturated rings. The van der Waals surface area contributed by atoms with E-state index in [4.69, 9.17) is 19.4 Å². The van der Waals surface area contributed by atoms with Crippen LogP contribution in [0.3, 0.4) is 0 Å². The summed E-state index contributed by atoms with van der Waals surface area (Å²) in [5.41, 5.74) is -0.324. The molecular formula is C30H46N2O7S. The van der Waals surface area contributed by atoms with Crippen LogP contribution in [0, 0.1) is 0 Å². The monoisotopic (exact) mass is 578 g/mol. The zero-order valence-corrected chi connectivity index (χ0v) is 26.3. The molecule has 1 heterocycles. The number of benzene rings is 2. The van der Waals surface area contributed by atoms with Gasteiger partial charge in [0.1, 0.15) is 29.8 Å². The Balaban J connectivity index is 0.00000150. The Hall–Kier alpha value is -3.37. The molecular weight excluding hydrogens is 532 g/mol. The van der Waals surface area contributed by atoms with Crippen LogP contribution in [0.4, 0.5) is 4.79 Å². The van der Waals surface area contributed by atoms with Gasteiger partial charge in [-0.15, -0.1) is 0 Å². The average molecular weight is 579 g/mol. The second-order valence-corrected chi connectivity index (χ2v) is 12.4. The first-order valence-electron chi connectivity index (χ1n) is 13.0. The predicted octanol–water partition coefficient (Wildman–Crippen LogP) is 5.88. The maximum Gasteiger partial charge on any atom is 0.410 e. The van der Waals surface area contributed by atoms with Gasteiger partial charge in [-0.2, -0.15) is 0 Å². The van der Waals surface area contributed by atoms with Gasteiger partial charge in [-0.25, -0.2) is 13.2 Å². The predicted molar refractivity (Wildman–Crippen MR) is 160 cm³/mol. The van der Waals surface area contributed by atoms with Crippen molar-refractivity contribution in [3.63, 3.8) is 0 Å².